The molecule has 1 heterocycles. The van der Waals surface area contributed by atoms with Gasteiger partial charge in [-0.25, -0.2) is 8.42 Å². The van der Waals surface area contributed by atoms with Crippen LogP contribution in [0.3, 0.4) is 0 Å². The first kappa shape index (κ1) is 22.5. The summed E-state index contributed by atoms with van der Waals surface area (Å²) in [5.41, 5.74) is 5.85. The van der Waals surface area contributed by atoms with Crippen LogP contribution < -0.4 is 5.73 Å². The van der Waals surface area contributed by atoms with Gasteiger partial charge < -0.3 is 10.6 Å². The zero-order valence-corrected chi connectivity index (χ0v) is 17.0. The monoisotopic (exact) mass is 429 g/mol. The maximum absolute atomic E-state index is 12.7. The molecule has 0 bridgehead atoms. The minimum absolute atomic E-state index is 0. The average molecular weight is 431 g/mol. The van der Waals surface area contributed by atoms with E-state index in [1.54, 1.807) is 4.90 Å². The van der Waals surface area contributed by atoms with Gasteiger partial charge in [-0.3, -0.25) is 4.79 Å². The van der Waals surface area contributed by atoms with Crippen LogP contribution in [0.2, 0.25) is 10.0 Å². The number of hydrogen-bond donors (Lipinski definition) is 1. The number of hydrogen-bond acceptors (Lipinski definition) is 4. The van der Waals surface area contributed by atoms with Gasteiger partial charge in [0.15, 0.2) is 0 Å². The average Bonchev–Trinajstić information content (AvgIpc) is 2.57. The molecule has 1 atom stereocenters. The summed E-state index contributed by atoms with van der Waals surface area (Å²) in [5.74, 6) is -0.122. The second-order valence-electron chi connectivity index (χ2n) is 5.70. The van der Waals surface area contributed by atoms with Gasteiger partial charge in [0.05, 0.1) is 21.0 Å². The first-order valence-electron chi connectivity index (χ1n) is 7.77. The Labute approximate surface area is 164 Å². The SMILES string of the molecule is CCCC(N)C(=O)N1CCN(S(=O)(=O)c2ccc(Cl)c(Cl)c2)CC1.Cl. The van der Waals surface area contributed by atoms with Gasteiger partial charge in [0.1, 0.15) is 0 Å². The van der Waals surface area contributed by atoms with E-state index in [9.17, 15) is 13.2 Å². The number of sulfonamides is 1. The van der Waals surface area contributed by atoms with Crippen molar-refractivity contribution in [2.75, 3.05) is 26.2 Å². The van der Waals surface area contributed by atoms with Gasteiger partial charge in [-0.05, 0) is 24.6 Å². The normalized spacial score (nSPS) is 17.0. The zero-order valence-electron chi connectivity index (χ0n) is 13.8. The van der Waals surface area contributed by atoms with Crippen LogP contribution in [0, 0.1) is 0 Å². The van der Waals surface area contributed by atoms with Crippen molar-refractivity contribution in [2.45, 2.75) is 30.7 Å². The summed E-state index contributed by atoms with van der Waals surface area (Å²) >= 11 is 11.7. The molecule has 1 aliphatic rings. The minimum Gasteiger partial charge on any atom is -0.339 e. The fraction of sp³-hybridized carbons (Fsp3) is 0.533. The lowest BCUT2D eigenvalue weighted by Crippen LogP contribution is -2.54. The van der Waals surface area contributed by atoms with Crippen LogP contribution in [0.25, 0.3) is 0 Å². The number of halogens is 3. The van der Waals surface area contributed by atoms with E-state index in [0.717, 1.165) is 6.42 Å². The molecular weight excluding hydrogens is 409 g/mol. The van der Waals surface area contributed by atoms with Crippen molar-refractivity contribution in [3.05, 3.63) is 28.2 Å². The fourth-order valence-corrected chi connectivity index (χ4v) is 4.42. The molecule has 2 N–H and O–H groups in total. The van der Waals surface area contributed by atoms with Crippen LogP contribution in [-0.4, -0.2) is 55.8 Å². The van der Waals surface area contributed by atoms with E-state index in [1.807, 2.05) is 6.92 Å². The zero-order chi connectivity index (χ0) is 17.9. The quantitative estimate of drug-likeness (QED) is 0.777. The topological polar surface area (TPSA) is 83.7 Å². The number of nitrogens with zero attached hydrogens (tertiary/aromatic N) is 2. The first-order chi connectivity index (χ1) is 11.3. The van der Waals surface area contributed by atoms with Crippen molar-refractivity contribution in [1.29, 1.82) is 0 Å². The molecule has 0 aliphatic carbocycles. The Balaban J connectivity index is 0.00000312. The lowest BCUT2D eigenvalue weighted by Gasteiger charge is -2.35. The van der Waals surface area contributed by atoms with Crippen LogP contribution in [0.15, 0.2) is 23.1 Å². The van der Waals surface area contributed by atoms with Crippen LogP contribution in [-0.2, 0) is 14.8 Å². The molecule has 142 valence electrons. The molecule has 1 aliphatic heterocycles. The highest BCUT2D eigenvalue weighted by Crippen LogP contribution is 2.27. The maximum Gasteiger partial charge on any atom is 0.243 e. The van der Waals surface area contributed by atoms with E-state index in [-0.39, 0.29) is 41.3 Å². The number of amides is 1. The Morgan fingerprint density at radius 2 is 1.80 bits per heavy atom. The summed E-state index contributed by atoms with van der Waals surface area (Å²) in [7, 11) is -3.66. The smallest absolute Gasteiger partial charge is 0.243 e. The second-order valence-corrected chi connectivity index (χ2v) is 8.45. The molecule has 0 spiro atoms. The maximum atomic E-state index is 12.7. The fourth-order valence-electron chi connectivity index (χ4n) is 2.60. The number of carbonyl (C=O) groups is 1. The molecule has 1 fully saturated rings. The third-order valence-electron chi connectivity index (χ3n) is 4.00. The minimum atomic E-state index is -3.66. The van der Waals surface area contributed by atoms with Gasteiger partial charge in [0.2, 0.25) is 15.9 Å². The third-order valence-corrected chi connectivity index (χ3v) is 6.63. The third kappa shape index (κ3) is 5.21. The Hall–Kier alpha value is -0.570. The molecule has 2 rings (SSSR count). The van der Waals surface area contributed by atoms with E-state index < -0.39 is 16.1 Å². The molecule has 6 nitrogen and oxygen atoms in total. The number of nitrogens with two attached hydrogens (primary N) is 1. The van der Waals surface area contributed by atoms with Crippen molar-refractivity contribution in [2.24, 2.45) is 5.73 Å². The van der Waals surface area contributed by atoms with Gasteiger partial charge in [-0.2, -0.15) is 4.31 Å². The summed E-state index contributed by atoms with van der Waals surface area (Å²) in [6.45, 7) is 3.09. The predicted octanol–water partition coefficient (Wildman–Crippen LogP) is 2.38. The second kappa shape index (κ2) is 9.39. The van der Waals surface area contributed by atoms with Crippen molar-refractivity contribution in [3.63, 3.8) is 0 Å². The van der Waals surface area contributed by atoms with E-state index in [2.05, 4.69) is 0 Å². The molecule has 1 unspecified atom stereocenters. The Morgan fingerprint density at radius 3 is 2.32 bits per heavy atom. The van der Waals surface area contributed by atoms with Gasteiger partial charge >= 0.3 is 0 Å². The molecule has 1 aromatic carbocycles. The lowest BCUT2D eigenvalue weighted by molar-refractivity contribution is -0.133. The van der Waals surface area contributed by atoms with Crippen molar-refractivity contribution < 1.29 is 13.2 Å². The molecule has 1 aromatic rings. The van der Waals surface area contributed by atoms with Gasteiger partial charge in [0.25, 0.3) is 0 Å². The molecule has 10 heteroatoms. The molecular formula is C15H22Cl3N3O3S. The number of carbonyl (C=O) groups excluding carboxylic acids is 1. The summed E-state index contributed by atoms with van der Waals surface area (Å²) in [4.78, 5) is 13.9. The van der Waals surface area contributed by atoms with Crippen molar-refractivity contribution >= 4 is 51.5 Å². The number of rotatable bonds is 5. The number of benzene rings is 1. The van der Waals surface area contributed by atoms with Gasteiger partial charge in [-0.1, -0.05) is 36.5 Å². The highest BCUT2D eigenvalue weighted by Gasteiger charge is 2.31. The lowest BCUT2D eigenvalue weighted by atomic mass is 10.1. The van der Waals surface area contributed by atoms with Crippen LogP contribution >= 0.6 is 35.6 Å². The van der Waals surface area contributed by atoms with Crippen LogP contribution in [0.5, 0.6) is 0 Å². The highest BCUT2D eigenvalue weighted by molar-refractivity contribution is 7.89. The van der Waals surface area contributed by atoms with E-state index in [4.69, 9.17) is 28.9 Å². The largest absolute Gasteiger partial charge is 0.339 e. The van der Waals surface area contributed by atoms with Crippen LogP contribution in [0.4, 0.5) is 0 Å². The molecule has 1 saturated heterocycles. The summed E-state index contributed by atoms with van der Waals surface area (Å²) in [6, 6.07) is 3.71. The molecule has 0 radical (unpaired) electrons. The summed E-state index contributed by atoms with van der Waals surface area (Å²) in [5, 5.41) is 0.494. The predicted molar refractivity (Wildman–Crippen MR) is 102 cm³/mol. The van der Waals surface area contributed by atoms with Crippen molar-refractivity contribution in [1.82, 2.24) is 9.21 Å². The molecule has 0 saturated carbocycles. The van der Waals surface area contributed by atoms with E-state index in [0.29, 0.717) is 24.5 Å². The van der Waals surface area contributed by atoms with Crippen LogP contribution in [0.1, 0.15) is 19.8 Å². The summed E-state index contributed by atoms with van der Waals surface area (Å²) < 4.78 is 26.7. The van der Waals surface area contributed by atoms with Gasteiger partial charge in [0, 0.05) is 26.2 Å². The Kier molecular flexibility index (Phi) is 8.44. The van der Waals surface area contributed by atoms with E-state index in [1.165, 1.54) is 22.5 Å². The van der Waals surface area contributed by atoms with E-state index >= 15 is 0 Å². The molecule has 0 aromatic heterocycles. The Bertz CT molecular complexity index is 707. The van der Waals surface area contributed by atoms with Gasteiger partial charge in [-0.15, -0.1) is 12.4 Å². The molecule has 1 amide bonds. The summed E-state index contributed by atoms with van der Waals surface area (Å²) in [6.07, 6.45) is 1.46. The highest BCUT2D eigenvalue weighted by atomic mass is 35.5. The number of piperazine rings is 1. The standard InChI is InChI=1S/C15H21Cl2N3O3S.ClH/c1-2-3-14(18)15(21)19-6-8-20(9-7-19)24(22,23)11-4-5-12(16)13(17)10-11;/h4-5,10,14H,2-3,6-9,18H2,1H3;1H. The first-order valence-corrected chi connectivity index (χ1v) is 9.96. The molecule has 25 heavy (non-hydrogen) atoms. The Morgan fingerprint density at radius 1 is 1.20 bits per heavy atom. The van der Waals surface area contributed by atoms with Crippen molar-refractivity contribution in [3.8, 4) is 0 Å².